The Bertz CT molecular complexity index is 1390. The van der Waals surface area contributed by atoms with Crippen molar-refractivity contribution in [3.05, 3.63) is 71.3 Å². The molecule has 2 aromatic carbocycles. The van der Waals surface area contributed by atoms with Crippen LogP contribution in [0.3, 0.4) is 0 Å². The molecule has 3 aromatic rings. The maximum atomic E-state index is 13.4. The third-order valence-corrected chi connectivity index (χ3v) is 8.72. The van der Waals surface area contributed by atoms with E-state index in [0.29, 0.717) is 22.4 Å². The Morgan fingerprint density at radius 2 is 1.63 bits per heavy atom. The summed E-state index contributed by atoms with van der Waals surface area (Å²) in [5.74, 6) is 0.0657. The number of aliphatic carboxylic acids is 1. The Kier molecular flexibility index (Phi) is 12.9. The Labute approximate surface area is 264 Å². The molecular formula is C34H41N3O4S2. The first-order chi connectivity index (χ1) is 21.0. The van der Waals surface area contributed by atoms with Crippen LogP contribution in [0.15, 0.2) is 65.7 Å². The number of carboxylic acids is 1. The smallest absolute Gasteiger partial charge is 0.303 e. The number of carbonyl (C=O) groups excluding carboxylic acids is 1. The van der Waals surface area contributed by atoms with Crippen molar-refractivity contribution < 1.29 is 19.4 Å². The highest BCUT2D eigenvalue weighted by Crippen LogP contribution is 2.35. The van der Waals surface area contributed by atoms with E-state index >= 15 is 0 Å². The zero-order valence-electron chi connectivity index (χ0n) is 24.9. The molecule has 43 heavy (non-hydrogen) atoms. The fourth-order valence-electron chi connectivity index (χ4n) is 4.91. The molecule has 1 amide bonds. The van der Waals surface area contributed by atoms with E-state index in [1.807, 2.05) is 71.6 Å². The van der Waals surface area contributed by atoms with Crippen LogP contribution >= 0.6 is 24.0 Å². The maximum absolute atomic E-state index is 13.4. The van der Waals surface area contributed by atoms with E-state index in [4.69, 9.17) is 27.2 Å². The highest BCUT2D eigenvalue weighted by molar-refractivity contribution is 8.26. The number of nitrogens with zero attached hydrogens (tertiary/aromatic N) is 3. The van der Waals surface area contributed by atoms with Gasteiger partial charge in [-0.3, -0.25) is 14.5 Å². The molecule has 1 aliphatic heterocycles. The molecule has 0 aliphatic carbocycles. The zero-order chi connectivity index (χ0) is 30.4. The molecule has 228 valence electrons. The van der Waals surface area contributed by atoms with E-state index in [1.165, 1.54) is 11.8 Å². The maximum Gasteiger partial charge on any atom is 0.303 e. The van der Waals surface area contributed by atoms with E-state index < -0.39 is 5.97 Å². The van der Waals surface area contributed by atoms with Crippen molar-refractivity contribution in [2.24, 2.45) is 0 Å². The lowest BCUT2D eigenvalue weighted by Gasteiger charge is -2.14. The Morgan fingerprint density at radius 3 is 2.30 bits per heavy atom. The minimum atomic E-state index is -0.716. The zero-order valence-corrected chi connectivity index (χ0v) is 26.5. The summed E-state index contributed by atoms with van der Waals surface area (Å²) in [6.07, 6.45) is 14.3. The number of carboxylic acid groups (broad SMARTS) is 1. The van der Waals surface area contributed by atoms with Crippen molar-refractivity contribution in [1.82, 2.24) is 14.7 Å². The predicted octanol–water partition coefficient (Wildman–Crippen LogP) is 8.51. The van der Waals surface area contributed by atoms with Gasteiger partial charge in [0.2, 0.25) is 0 Å². The molecule has 1 N–H and O–H groups in total. The summed E-state index contributed by atoms with van der Waals surface area (Å²) in [6.45, 7) is 3.46. The summed E-state index contributed by atoms with van der Waals surface area (Å²) in [6, 6.07) is 17.9. The average Bonchev–Trinajstić information content (AvgIpc) is 3.55. The molecule has 1 fully saturated rings. The number of amides is 1. The number of ether oxygens (including phenoxy) is 1. The normalized spacial score (nSPS) is 14.2. The summed E-state index contributed by atoms with van der Waals surface area (Å²) >= 11 is 6.96. The first kappa shape index (κ1) is 32.5. The molecular weight excluding hydrogens is 579 g/mol. The van der Waals surface area contributed by atoms with Gasteiger partial charge in [0.1, 0.15) is 10.1 Å². The van der Waals surface area contributed by atoms with Crippen molar-refractivity contribution in [3.63, 3.8) is 0 Å². The Morgan fingerprint density at radius 1 is 0.953 bits per heavy atom. The number of para-hydroxylation sites is 1. The fourth-order valence-corrected chi connectivity index (χ4v) is 6.21. The number of thioether (sulfide) groups is 1. The first-order valence-electron chi connectivity index (χ1n) is 15.3. The van der Waals surface area contributed by atoms with Crippen molar-refractivity contribution in [2.45, 2.75) is 77.6 Å². The molecule has 0 atom stereocenters. The summed E-state index contributed by atoms with van der Waals surface area (Å²) in [5, 5.41) is 13.6. The van der Waals surface area contributed by atoms with Crippen molar-refractivity contribution >= 4 is 46.3 Å². The summed E-state index contributed by atoms with van der Waals surface area (Å²) < 4.78 is 8.29. The summed E-state index contributed by atoms with van der Waals surface area (Å²) in [7, 11) is 0. The van der Waals surface area contributed by atoms with Gasteiger partial charge >= 0.3 is 5.97 Å². The minimum Gasteiger partial charge on any atom is -0.494 e. The molecule has 7 nitrogen and oxygen atoms in total. The summed E-state index contributed by atoms with van der Waals surface area (Å²) in [5.41, 5.74) is 3.53. The second-order valence-electron chi connectivity index (χ2n) is 10.7. The van der Waals surface area contributed by atoms with Crippen LogP contribution in [0.25, 0.3) is 23.0 Å². The molecule has 2 heterocycles. The van der Waals surface area contributed by atoms with Crippen molar-refractivity contribution in [1.29, 1.82) is 0 Å². The number of hydrogen-bond donors (Lipinski definition) is 1. The minimum absolute atomic E-state index is 0.0495. The van der Waals surface area contributed by atoms with Gasteiger partial charge in [-0.05, 0) is 61.7 Å². The number of aromatic nitrogens is 2. The van der Waals surface area contributed by atoms with Gasteiger partial charge in [0, 0.05) is 30.3 Å². The lowest BCUT2D eigenvalue weighted by molar-refractivity contribution is -0.137. The van der Waals surface area contributed by atoms with Crippen molar-refractivity contribution in [3.8, 4) is 22.7 Å². The molecule has 0 unspecified atom stereocenters. The number of thiocarbonyl (C=S) groups is 1. The molecule has 0 spiro atoms. The van der Waals surface area contributed by atoms with Crippen LogP contribution in [0.1, 0.15) is 83.1 Å². The van der Waals surface area contributed by atoms with Crippen LogP contribution in [0.5, 0.6) is 5.75 Å². The monoisotopic (exact) mass is 619 g/mol. The first-order valence-corrected chi connectivity index (χ1v) is 16.5. The predicted molar refractivity (Wildman–Crippen MR) is 178 cm³/mol. The van der Waals surface area contributed by atoms with Gasteiger partial charge in [0.15, 0.2) is 0 Å². The van der Waals surface area contributed by atoms with Crippen LogP contribution in [-0.4, -0.2) is 49.1 Å². The number of hydrogen-bond acceptors (Lipinski definition) is 6. The molecule has 1 aromatic heterocycles. The molecule has 0 saturated carbocycles. The van der Waals surface area contributed by atoms with Gasteiger partial charge in [-0.2, -0.15) is 5.10 Å². The third-order valence-electron chi connectivity index (χ3n) is 7.34. The van der Waals surface area contributed by atoms with Gasteiger partial charge in [0.05, 0.1) is 22.9 Å². The Balaban J connectivity index is 1.39. The average molecular weight is 620 g/mol. The topological polar surface area (TPSA) is 84.7 Å². The molecule has 0 bridgehead atoms. The molecule has 1 saturated heterocycles. The van der Waals surface area contributed by atoms with Crippen molar-refractivity contribution in [2.75, 3.05) is 13.2 Å². The second kappa shape index (κ2) is 17.0. The van der Waals surface area contributed by atoms with E-state index in [-0.39, 0.29) is 12.3 Å². The Hall–Kier alpha value is -3.43. The highest BCUT2D eigenvalue weighted by Gasteiger charge is 2.32. The van der Waals surface area contributed by atoms with E-state index in [1.54, 1.807) is 4.90 Å². The van der Waals surface area contributed by atoms with Crippen LogP contribution in [-0.2, 0) is 9.59 Å². The van der Waals surface area contributed by atoms with Gasteiger partial charge < -0.3 is 9.84 Å². The van der Waals surface area contributed by atoms with E-state index in [9.17, 15) is 9.59 Å². The van der Waals surface area contributed by atoms with Gasteiger partial charge in [0.25, 0.3) is 5.91 Å². The third kappa shape index (κ3) is 9.79. The quantitative estimate of drug-likeness (QED) is 0.0868. The standard InChI is InChI=1S/C34H41N3O4S2/c1-2-3-23-41-29-20-18-26(19-21-29)32-27(25-37(35-32)28-15-11-10-12-16-28)24-30-33(40)36(34(42)43-30)22-14-9-7-5-4-6-8-13-17-31(38)39/h10-12,15-16,18-21,24-25H,2-9,13-14,17,22-23H2,1H3,(H,38,39)/b30-24-. The van der Waals surface area contributed by atoms with Gasteiger partial charge in [-0.1, -0.05) is 94.0 Å². The summed E-state index contributed by atoms with van der Waals surface area (Å²) in [4.78, 5) is 26.3. The van der Waals surface area contributed by atoms with Crippen LogP contribution in [0, 0.1) is 0 Å². The molecule has 0 radical (unpaired) electrons. The second-order valence-corrected chi connectivity index (χ2v) is 12.4. The fraction of sp³-hybridized carbons (Fsp3) is 0.412. The molecule has 1 aliphatic rings. The molecule has 4 rings (SSSR count). The van der Waals surface area contributed by atoms with Gasteiger partial charge in [-0.25, -0.2) is 4.68 Å². The van der Waals surface area contributed by atoms with Crippen LogP contribution in [0.4, 0.5) is 0 Å². The van der Waals surface area contributed by atoms with E-state index in [0.717, 1.165) is 92.5 Å². The van der Waals surface area contributed by atoms with Crippen LogP contribution in [0.2, 0.25) is 0 Å². The SMILES string of the molecule is CCCCOc1ccc(-c2nn(-c3ccccc3)cc2/C=C2\SC(=S)N(CCCCCCCCCCC(=O)O)C2=O)cc1. The van der Waals surface area contributed by atoms with Gasteiger partial charge in [-0.15, -0.1) is 0 Å². The van der Waals surface area contributed by atoms with E-state index in [2.05, 4.69) is 6.92 Å². The lowest BCUT2D eigenvalue weighted by Crippen LogP contribution is -2.29. The lowest BCUT2D eigenvalue weighted by atomic mass is 10.1. The van der Waals surface area contributed by atoms with Crippen LogP contribution < -0.4 is 4.74 Å². The number of benzene rings is 2. The largest absolute Gasteiger partial charge is 0.494 e. The number of rotatable bonds is 18. The molecule has 9 heteroatoms. The highest BCUT2D eigenvalue weighted by atomic mass is 32.2. The number of unbranched alkanes of at least 4 members (excludes halogenated alkanes) is 8. The number of carbonyl (C=O) groups is 2.